The number of aromatic amines is 1. The van der Waals surface area contributed by atoms with Gasteiger partial charge in [0.1, 0.15) is 5.69 Å². The van der Waals surface area contributed by atoms with E-state index in [2.05, 4.69) is 10.1 Å². The summed E-state index contributed by atoms with van der Waals surface area (Å²) in [5, 5.41) is 2.15. The first-order valence-corrected chi connectivity index (χ1v) is 9.34. The van der Waals surface area contributed by atoms with Crippen LogP contribution < -0.4 is 5.56 Å². The highest BCUT2D eigenvalue weighted by Gasteiger charge is 2.37. The lowest BCUT2D eigenvalue weighted by molar-refractivity contribution is -0.141. The molecule has 0 atom stereocenters. The van der Waals surface area contributed by atoms with E-state index in [0.29, 0.717) is 16.8 Å². The number of rotatable bonds is 4. The molecule has 9 heteroatoms. The van der Waals surface area contributed by atoms with Crippen molar-refractivity contribution in [3.63, 3.8) is 0 Å². The molecule has 4 rings (SSSR count). The zero-order valence-corrected chi connectivity index (χ0v) is 16.2. The molecule has 1 aromatic heterocycles. The predicted molar refractivity (Wildman–Crippen MR) is 110 cm³/mol. The van der Waals surface area contributed by atoms with Crippen molar-refractivity contribution >= 4 is 29.5 Å². The number of benzene rings is 2. The standard InChI is InChI=1S/C22H16F3N3O3/c1-2-31-21(30)13-7-9-15(10-8-13)28-20(29)17(19(27-28)22(23,24)25)11-14-12-26-18-6-4-3-5-16(14)18/h3-12,27H,2H2,1H3. The largest absolute Gasteiger partial charge is 0.462 e. The van der Waals surface area contributed by atoms with Gasteiger partial charge in [0, 0.05) is 17.4 Å². The number of alkyl halides is 3. The molecular weight excluding hydrogens is 411 g/mol. The molecule has 31 heavy (non-hydrogen) atoms. The Balaban J connectivity index is 1.80. The maximum atomic E-state index is 13.7. The van der Waals surface area contributed by atoms with E-state index in [9.17, 15) is 22.8 Å². The third kappa shape index (κ3) is 3.81. The monoisotopic (exact) mass is 427 g/mol. The Morgan fingerprint density at radius 3 is 2.55 bits per heavy atom. The lowest BCUT2D eigenvalue weighted by atomic mass is 10.0. The summed E-state index contributed by atoms with van der Waals surface area (Å²) in [5.74, 6) is -0.562. The lowest BCUT2D eigenvalue weighted by Crippen LogP contribution is -2.16. The zero-order chi connectivity index (χ0) is 22.2. The number of ether oxygens (including phenoxy) is 1. The van der Waals surface area contributed by atoms with Crippen LogP contribution in [0.2, 0.25) is 0 Å². The van der Waals surface area contributed by atoms with E-state index < -0.39 is 29.0 Å². The molecule has 3 aromatic rings. The number of para-hydroxylation sites is 1. The summed E-state index contributed by atoms with van der Waals surface area (Å²) in [4.78, 5) is 28.9. The number of hydrogen-bond acceptors (Lipinski definition) is 4. The minimum absolute atomic E-state index is 0.147. The van der Waals surface area contributed by atoms with Gasteiger partial charge in [-0.2, -0.15) is 13.2 Å². The number of halogens is 3. The molecule has 0 saturated carbocycles. The predicted octanol–water partition coefficient (Wildman–Crippen LogP) is 4.62. The molecular formula is C22H16F3N3O3. The van der Waals surface area contributed by atoms with Crippen molar-refractivity contribution in [1.82, 2.24) is 9.78 Å². The number of aliphatic imine (C=N–C) groups is 1. The van der Waals surface area contributed by atoms with Crippen molar-refractivity contribution in [3.05, 3.63) is 81.3 Å². The molecule has 2 heterocycles. The van der Waals surface area contributed by atoms with Crippen molar-refractivity contribution in [2.75, 3.05) is 6.61 Å². The van der Waals surface area contributed by atoms with E-state index in [1.807, 2.05) is 0 Å². The van der Waals surface area contributed by atoms with E-state index in [0.717, 1.165) is 4.68 Å². The molecule has 0 amide bonds. The van der Waals surface area contributed by atoms with Gasteiger partial charge in [-0.25, -0.2) is 9.48 Å². The fourth-order valence-corrected chi connectivity index (χ4v) is 3.25. The van der Waals surface area contributed by atoms with E-state index in [1.165, 1.54) is 36.6 Å². The second-order valence-electron chi connectivity index (χ2n) is 6.68. The first kappa shape index (κ1) is 20.4. The van der Waals surface area contributed by atoms with Crippen LogP contribution in [0.3, 0.4) is 0 Å². The topological polar surface area (TPSA) is 76.4 Å². The number of nitrogens with one attached hydrogen (secondary N) is 1. The number of nitrogens with zero attached hydrogens (tertiary/aromatic N) is 2. The number of hydrogen-bond donors (Lipinski definition) is 1. The van der Waals surface area contributed by atoms with Gasteiger partial charge in [0.2, 0.25) is 0 Å². The fourth-order valence-electron chi connectivity index (χ4n) is 3.25. The maximum absolute atomic E-state index is 13.7. The van der Waals surface area contributed by atoms with Crippen LogP contribution in [-0.4, -0.2) is 28.6 Å². The molecule has 0 unspecified atom stereocenters. The van der Waals surface area contributed by atoms with E-state index >= 15 is 0 Å². The zero-order valence-electron chi connectivity index (χ0n) is 16.2. The lowest BCUT2D eigenvalue weighted by Gasteiger charge is -2.06. The second kappa shape index (κ2) is 7.75. The number of allylic oxidation sites excluding steroid dienone is 1. The third-order valence-electron chi connectivity index (χ3n) is 4.70. The molecule has 2 aromatic carbocycles. The number of H-pyrrole nitrogens is 1. The number of esters is 1. The van der Waals surface area contributed by atoms with Gasteiger partial charge in [0.05, 0.1) is 29.1 Å². The molecule has 6 nitrogen and oxygen atoms in total. The van der Waals surface area contributed by atoms with E-state index in [4.69, 9.17) is 4.74 Å². The molecule has 0 saturated heterocycles. The first-order valence-electron chi connectivity index (χ1n) is 9.34. The Hall–Kier alpha value is -3.88. The van der Waals surface area contributed by atoms with Gasteiger partial charge in [-0.15, -0.1) is 0 Å². The summed E-state index contributed by atoms with van der Waals surface area (Å²) in [7, 11) is 0. The minimum Gasteiger partial charge on any atom is -0.462 e. The highest BCUT2D eigenvalue weighted by molar-refractivity contribution is 6.21. The van der Waals surface area contributed by atoms with Crippen LogP contribution in [0.5, 0.6) is 0 Å². The summed E-state index contributed by atoms with van der Waals surface area (Å²) < 4.78 is 46.7. The highest BCUT2D eigenvalue weighted by Crippen LogP contribution is 2.35. The van der Waals surface area contributed by atoms with Crippen LogP contribution in [0, 0.1) is 0 Å². The summed E-state index contributed by atoms with van der Waals surface area (Å²) in [6.07, 6.45) is -2.17. The van der Waals surface area contributed by atoms with Crippen molar-refractivity contribution in [1.29, 1.82) is 0 Å². The Labute approximate surface area is 174 Å². The number of aromatic nitrogens is 2. The minimum atomic E-state index is -4.78. The molecule has 0 spiro atoms. The second-order valence-corrected chi connectivity index (χ2v) is 6.68. The summed E-state index contributed by atoms with van der Waals surface area (Å²) in [6.45, 7) is 1.85. The van der Waals surface area contributed by atoms with E-state index in [1.54, 1.807) is 31.2 Å². The highest BCUT2D eigenvalue weighted by atomic mass is 19.4. The Kier molecular flexibility index (Phi) is 5.10. The van der Waals surface area contributed by atoms with Gasteiger partial charge < -0.3 is 4.74 Å². The van der Waals surface area contributed by atoms with Crippen molar-refractivity contribution in [3.8, 4) is 5.69 Å². The third-order valence-corrected chi connectivity index (χ3v) is 4.70. The van der Waals surface area contributed by atoms with Crippen LogP contribution in [0.1, 0.15) is 34.1 Å². The van der Waals surface area contributed by atoms with Gasteiger partial charge in [-0.1, -0.05) is 18.2 Å². The van der Waals surface area contributed by atoms with Gasteiger partial charge in [0.15, 0.2) is 0 Å². The van der Waals surface area contributed by atoms with Crippen molar-refractivity contribution in [2.45, 2.75) is 13.1 Å². The van der Waals surface area contributed by atoms with Gasteiger partial charge >= 0.3 is 12.1 Å². The molecule has 0 radical (unpaired) electrons. The number of fused-ring (bicyclic) bond motifs is 1. The molecule has 0 bridgehead atoms. The molecule has 1 aliphatic heterocycles. The quantitative estimate of drug-likeness (QED) is 0.618. The number of carbonyl (C=O) groups is 1. The van der Waals surface area contributed by atoms with Gasteiger partial charge in [-0.3, -0.25) is 14.9 Å². The first-order chi connectivity index (χ1) is 14.8. The van der Waals surface area contributed by atoms with Crippen LogP contribution in [0.25, 0.3) is 17.3 Å². The fraction of sp³-hybridized carbons (Fsp3) is 0.136. The van der Waals surface area contributed by atoms with Crippen LogP contribution >= 0.6 is 0 Å². The van der Waals surface area contributed by atoms with Crippen LogP contribution in [-0.2, 0) is 10.9 Å². The van der Waals surface area contributed by atoms with Crippen LogP contribution in [0.15, 0.2) is 58.3 Å². The molecule has 158 valence electrons. The van der Waals surface area contributed by atoms with Gasteiger partial charge in [-0.05, 0) is 43.3 Å². The maximum Gasteiger partial charge on any atom is 0.433 e. The van der Waals surface area contributed by atoms with Crippen molar-refractivity contribution < 1.29 is 22.7 Å². The Morgan fingerprint density at radius 1 is 1.16 bits per heavy atom. The molecule has 0 aliphatic carbocycles. The molecule has 1 N–H and O–H groups in total. The van der Waals surface area contributed by atoms with Gasteiger partial charge in [0.25, 0.3) is 5.56 Å². The smallest absolute Gasteiger partial charge is 0.433 e. The average Bonchev–Trinajstić information content (AvgIpc) is 3.30. The SMILES string of the molecule is CCOC(=O)c1ccc(-n2[nH]c(C(F)(F)F)c(C=C3C=Nc4ccccc43)c2=O)cc1. The van der Waals surface area contributed by atoms with E-state index in [-0.39, 0.29) is 17.9 Å². The van der Waals surface area contributed by atoms with Crippen molar-refractivity contribution in [2.24, 2.45) is 4.99 Å². The normalized spacial score (nSPS) is 14.1. The summed E-state index contributed by atoms with van der Waals surface area (Å²) in [5.41, 5.74) is -0.536. The Morgan fingerprint density at radius 2 is 1.87 bits per heavy atom. The summed E-state index contributed by atoms with van der Waals surface area (Å²) >= 11 is 0. The molecule has 0 fully saturated rings. The number of carbonyl (C=O) groups excluding carboxylic acids is 1. The Bertz CT molecular complexity index is 1270. The summed E-state index contributed by atoms with van der Waals surface area (Å²) in [6, 6.07) is 12.5. The average molecular weight is 427 g/mol. The van der Waals surface area contributed by atoms with Crippen LogP contribution in [0.4, 0.5) is 18.9 Å². The molecule has 1 aliphatic rings.